The van der Waals surface area contributed by atoms with Crippen molar-refractivity contribution in [2.45, 2.75) is 26.2 Å². The van der Waals surface area contributed by atoms with Crippen LogP contribution in [0.25, 0.3) is 0 Å². The Hall–Kier alpha value is -1.14. The molecule has 2 aliphatic rings. The standard InChI is InChI=1S/C14H26N4O2/c1-2-6-17(11-12-4-3-5-15-9-12)7-8-18-13(19)10-16-14(18)20/h12,15H,2-11H2,1H3,(H,16,20). The van der Waals surface area contributed by atoms with E-state index < -0.39 is 0 Å². The lowest BCUT2D eigenvalue weighted by Gasteiger charge is -2.30. The molecule has 2 N–H and O–H groups in total. The lowest BCUT2D eigenvalue weighted by atomic mass is 9.99. The fourth-order valence-corrected chi connectivity index (χ4v) is 2.98. The summed E-state index contributed by atoms with van der Waals surface area (Å²) in [5.74, 6) is 0.587. The highest BCUT2D eigenvalue weighted by atomic mass is 16.2. The van der Waals surface area contributed by atoms with Crippen molar-refractivity contribution in [3.8, 4) is 0 Å². The van der Waals surface area contributed by atoms with E-state index in [0.717, 1.165) is 39.1 Å². The Kier molecular flexibility index (Phi) is 5.79. The SMILES string of the molecule is CCCN(CCN1C(=O)CNC1=O)CC1CCCNC1. The molecular weight excluding hydrogens is 256 g/mol. The summed E-state index contributed by atoms with van der Waals surface area (Å²) in [4.78, 5) is 26.8. The summed E-state index contributed by atoms with van der Waals surface area (Å²) in [6.07, 6.45) is 3.62. The van der Waals surface area contributed by atoms with Crippen LogP contribution in [0.5, 0.6) is 0 Å². The second kappa shape index (κ2) is 7.59. The van der Waals surface area contributed by atoms with E-state index in [1.165, 1.54) is 17.7 Å². The monoisotopic (exact) mass is 282 g/mol. The minimum Gasteiger partial charge on any atom is -0.329 e. The average Bonchev–Trinajstić information content (AvgIpc) is 2.77. The number of nitrogens with zero attached hydrogens (tertiary/aromatic N) is 2. The van der Waals surface area contributed by atoms with Crippen molar-refractivity contribution in [3.63, 3.8) is 0 Å². The highest BCUT2D eigenvalue weighted by Gasteiger charge is 2.28. The highest BCUT2D eigenvalue weighted by molar-refractivity contribution is 6.01. The molecule has 114 valence electrons. The van der Waals surface area contributed by atoms with Crippen LogP contribution in [0.15, 0.2) is 0 Å². The minimum atomic E-state index is -0.245. The fourth-order valence-electron chi connectivity index (χ4n) is 2.98. The number of nitrogens with one attached hydrogen (secondary N) is 2. The fraction of sp³-hybridized carbons (Fsp3) is 0.857. The van der Waals surface area contributed by atoms with E-state index in [2.05, 4.69) is 22.5 Å². The van der Waals surface area contributed by atoms with Crippen LogP contribution in [0.2, 0.25) is 0 Å². The first kappa shape index (κ1) is 15.3. The lowest BCUT2D eigenvalue weighted by molar-refractivity contribution is -0.125. The first-order chi connectivity index (χ1) is 9.70. The summed E-state index contributed by atoms with van der Waals surface area (Å²) in [6.45, 7) is 7.91. The Morgan fingerprint density at radius 2 is 2.20 bits per heavy atom. The smallest absolute Gasteiger partial charge is 0.324 e. The molecule has 2 fully saturated rings. The first-order valence-electron chi connectivity index (χ1n) is 7.72. The highest BCUT2D eigenvalue weighted by Crippen LogP contribution is 2.12. The van der Waals surface area contributed by atoms with Crippen LogP contribution in [0.3, 0.4) is 0 Å². The summed E-state index contributed by atoms with van der Waals surface area (Å²) in [6, 6.07) is -0.245. The third kappa shape index (κ3) is 4.18. The van der Waals surface area contributed by atoms with Gasteiger partial charge >= 0.3 is 6.03 Å². The third-order valence-electron chi connectivity index (χ3n) is 4.03. The Bertz CT molecular complexity index is 326. The third-order valence-corrected chi connectivity index (χ3v) is 4.03. The molecule has 0 saturated carbocycles. The van der Waals surface area contributed by atoms with E-state index in [4.69, 9.17) is 0 Å². The van der Waals surface area contributed by atoms with Gasteiger partial charge in [-0.05, 0) is 44.8 Å². The van der Waals surface area contributed by atoms with Gasteiger partial charge in [0.15, 0.2) is 0 Å². The van der Waals surface area contributed by atoms with Gasteiger partial charge in [-0.15, -0.1) is 0 Å². The Labute approximate surface area is 120 Å². The second-order valence-electron chi connectivity index (χ2n) is 5.72. The Balaban J connectivity index is 1.79. The number of hydrogen-bond donors (Lipinski definition) is 2. The molecule has 6 nitrogen and oxygen atoms in total. The average molecular weight is 282 g/mol. The van der Waals surface area contributed by atoms with Crippen LogP contribution in [-0.4, -0.2) is 67.6 Å². The number of carbonyl (C=O) groups is 2. The Morgan fingerprint density at radius 3 is 2.80 bits per heavy atom. The van der Waals surface area contributed by atoms with Crippen LogP contribution in [-0.2, 0) is 4.79 Å². The zero-order valence-electron chi connectivity index (χ0n) is 12.4. The van der Waals surface area contributed by atoms with Gasteiger partial charge in [0.2, 0.25) is 5.91 Å². The summed E-state index contributed by atoms with van der Waals surface area (Å²) in [5.41, 5.74) is 0. The number of imide groups is 1. The molecule has 20 heavy (non-hydrogen) atoms. The molecule has 0 spiro atoms. The maximum atomic E-state index is 11.6. The van der Waals surface area contributed by atoms with E-state index >= 15 is 0 Å². The van der Waals surface area contributed by atoms with Crippen molar-refractivity contribution >= 4 is 11.9 Å². The van der Waals surface area contributed by atoms with Crippen molar-refractivity contribution in [2.24, 2.45) is 5.92 Å². The molecule has 0 aromatic carbocycles. The van der Waals surface area contributed by atoms with Gasteiger partial charge in [-0.25, -0.2) is 4.79 Å². The number of amides is 3. The molecule has 2 heterocycles. The molecule has 1 unspecified atom stereocenters. The van der Waals surface area contributed by atoms with E-state index in [1.54, 1.807) is 0 Å². The van der Waals surface area contributed by atoms with Crippen LogP contribution in [0.4, 0.5) is 4.79 Å². The van der Waals surface area contributed by atoms with E-state index in [9.17, 15) is 9.59 Å². The Morgan fingerprint density at radius 1 is 1.35 bits per heavy atom. The molecule has 2 saturated heterocycles. The van der Waals surface area contributed by atoms with Crippen molar-refractivity contribution < 1.29 is 9.59 Å². The zero-order valence-corrected chi connectivity index (χ0v) is 12.4. The van der Waals surface area contributed by atoms with Gasteiger partial charge < -0.3 is 15.5 Å². The number of carbonyl (C=O) groups excluding carboxylic acids is 2. The predicted molar refractivity (Wildman–Crippen MR) is 77.4 cm³/mol. The number of rotatable bonds is 7. The van der Waals surface area contributed by atoms with Crippen LogP contribution < -0.4 is 10.6 Å². The first-order valence-corrected chi connectivity index (χ1v) is 7.72. The van der Waals surface area contributed by atoms with Gasteiger partial charge in [-0.3, -0.25) is 9.69 Å². The summed E-state index contributed by atoms with van der Waals surface area (Å²) >= 11 is 0. The van der Waals surface area contributed by atoms with Gasteiger partial charge in [0.05, 0.1) is 6.54 Å². The zero-order chi connectivity index (χ0) is 14.4. The number of piperidine rings is 1. The molecule has 2 rings (SSSR count). The second-order valence-corrected chi connectivity index (χ2v) is 5.72. The lowest BCUT2D eigenvalue weighted by Crippen LogP contribution is -2.43. The molecule has 0 aliphatic carbocycles. The summed E-state index contributed by atoms with van der Waals surface area (Å²) in [7, 11) is 0. The number of hydrogen-bond acceptors (Lipinski definition) is 4. The van der Waals surface area contributed by atoms with Gasteiger partial charge in [0.25, 0.3) is 0 Å². The number of urea groups is 1. The van der Waals surface area contributed by atoms with Crippen LogP contribution >= 0.6 is 0 Å². The van der Waals surface area contributed by atoms with Gasteiger partial charge in [-0.2, -0.15) is 0 Å². The molecular formula is C14H26N4O2. The van der Waals surface area contributed by atoms with E-state index in [-0.39, 0.29) is 18.5 Å². The molecule has 0 bridgehead atoms. The van der Waals surface area contributed by atoms with Crippen LogP contribution in [0, 0.1) is 5.92 Å². The topological polar surface area (TPSA) is 64.7 Å². The van der Waals surface area contributed by atoms with Crippen LogP contribution in [0.1, 0.15) is 26.2 Å². The quantitative estimate of drug-likeness (QED) is 0.657. The predicted octanol–water partition coefficient (Wildman–Crippen LogP) is 0.250. The normalized spacial score (nSPS) is 23.5. The molecule has 0 aromatic heterocycles. The maximum Gasteiger partial charge on any atom is 0.324 e. The van der Waals surface area contributed by atoms with Crippen molar-refractivity contribution in [2.75, 3.05) is 45.8 Å². The van der Waals surface area contributed by atoms with E-state index in [0.29, 0.717) is 12.5 Å². The van der Waals surface area contributed by atoms with Crippen molar-refractivity contribution in [1.82, 2.24) is 20.4 Å². The van der Waals surface area contributed by atoms with Gasteiger partial charge in [-0.1, -0.05) is 6.92 Å². The molecule has 2 aliphatic heterocycles. The summed E-state index contributed by atoms with van der Waals surface area (Å²) in [5, 5.41) is 6.00. The summed E-state index contributed by atoms with van der Waals surface area (Å²) < 4.78 is 0. The van der Waals surface area contributed by atoms with Gasteiger partial charge in [0.1, 0.15) is 0 Å². The largest absolute Gasteiger partial charge is 0.329 e. The molecule has 0 radical (unpaired) electrons. The van der Waals surface area contributed by atoms with Crippen molar-refractivity contribution in [1.29, 1.82) is 0 Å². The molecule has 6 heteroatoms. The molecule has 0 aromatic rings. The molecule has 1 atom stereocenters. The molecule has 3 amide bonds. The minimum absolute atomic E-state index is 0.106. The van der Waals surface area contributed by atoms with Gasteiger partial charge in [0, 0.05) is 19.6 Å². The van der Waals surface area contributed by atoms with E-state index in [1.807, 2.05) is 0 Å². The van der Waals surface area contributed by atoms with Crippen molar-refractivity contribution in [3.05, 3.63) is 0 Å². The maximum absolute atomic E-state index is 11.6.